The lowest BCUT2D eigenvalue weighted by atomic mass is 10.1. The van der Waals surface area contributed by atoms with Crippen LogP contribution in [0, 0.1) is 13.8 Å². The van der Waals surface area contributed by atoms with Gasteiger partial charge in [0.25, 0.3) is 0 Å². The summed E-state index contributed by atoms with van der Waals surface area (Å²) < 4.78 is 0. The van der Waals surface area contributed by atoms with Gasteiger partial charge in [0.1, 0.15) is 0 Å². The summed E-state index contributed by atoms with van der Waals surface area (Å²) in [4.78, 5) is 4.41. The first-order chi connectivity index (χ1) is 7.00. The highest BCUT2D eigenvalue weighted by molar-refractivity contribution is 6.39. The number of aromatic nitrogens is 1. The maximum atomic E-state index is 6.09. The molecule has 0 amide bonds. The van der Waals surface area contributed by atoms with Crippen molar-refractivity contribution in [2.45, 2.75) is 13.8 Å². The zero-order chi connectivity index (χ0) is 11.2. The minimum Gasteiger partial charge on any atom is -0.398 e. The fourth-order valence-electron chi connectivity index (χ4n) is 1.56. The highest BCUT2D eigenvalue weighted by Crippen LogP contribution is 2.33. The lowest BCUT2D eigenvalue weighted by Crippen LogP contribution is -1.98. The van der Waals surface area contributed by atoms with Crippen LogP contribution in [0.2, 0.25) is 10.0 Å². The molecule has 2 aromatic rings. The number of anilines is 1. The van der Waals surface area contributed by atoms with Gasteiger partial charge in [0.05, 0.1) is 10.5 Å². The maximum absolute atomic E-state index is 6.09. The van der Waals surface area contributed by atoms with E-state index in [4.69, 9.17) is 28.9 Å². The van der Waals surface area contributed by atoms with E-state index >= 15 is 0 Å². The van der Waals surface area contributed by atoms with E-state index in [0.29, 0.717) is 15.7 Å². The minimum atomic E-state index is 0.547. The van der Waals surface area contributed by atoms with Gasteiger partial charge < -0.3 is 5.73 Å². The van der Waals surface area contributed by atoms with Gasteiger partial charge in [0.15, 0.2) is 0 Å². The molecule has 0 unspecified atom stereocenters. The van der Waals surface area contributed by atoms with Crippen LogP contribution in [0.1, 0.15) is 11.3 Å². The summed E-state index contributed by atoms with van der Waals surface area (Å²) >= 11 is 12.0. The number of hydrogen-bond acceptors (Lipinski definition) is 2. The number of hydrogen-bond donors (Lipinski definition) is 1. The molecule has 0 aliphatic carbocycles. The number of benzene rings is 1. The van der Waals surface area contributed by atoms with Crippen molar-refractivity contribution in [1.29, 1.82) is 0 Å². The van der Waals surface area contributed by atoms with Gasteiger partial charge in [-0.15, -0.1) is 0 Å². The third kappa shape index (κ3) is 1.64. The highest BCUT2D eigenvalue weighted by Gasteiger charge is 2.10. The molecule has 0 radical (unpaired) electrons. The predicted octanol–water partition coefficient (Wildman–Crippen LogP) is 3.74. The Labute approximate surface area is 98.0 Å². The van der Waals surface area contributed by atoms with Gasteiger partial charge in [-0.05, 0) is 31.5 Å². The van der Waals surface area contributed by atoms with E-state index in [1.165, 1.54) is 0 Å². The standard InChI is InChI=1S/C11H10Cl2N2/c1-5-6(2)15-9-4-7(12)3-8(13)10(9)11(5)14/h3-4H,1-2H3,(H2,14,15). The third-order valence-electron chi connectivity index (χ3n) is 2.54. The molecule has 0 spiro atoms. The number of aryl methyl sites for hydroxylation is 1. The van der Waals surface area contributed by atoms with Crippen molar-refractivity contribution >= 4 is 39.8 Å². The van der Waals surface area contributed by atoms with Crippen molar-refractivity contribution in [2.24, 2.45) is 0 Å². The highest BCUT2D eigenvalue weighted by atomic mass is 35.5. The SMILES string of the molecule is Cc1nc2cc(Cl)cc(Cl)c2c(N)c1C. The molecule has 15 heavy (non-hydrogen) atoms. The van der Waals surface area contributed by atoms with Crippen LogP contribution >= 0.6 is 23.2 Å². The zero-order valence-electron chi connectivity index (χ0n) is 8.44. The average molecular weight is 241 g/mol. The van der Waals surface area contributed by atoms with Crippen molar-refractivity contribution in [3.63, 3.8) is 0 Å². The van der Waals surface area contributed by atoms with Crippen molar-refractivity contribution in [1.82, 2.24) is 4.98 Å². The van der Waals surface area contributed by atoms with Gasteiger partial charge in [0.2, 0.25) is 0 Å². The Morgan fingerprint density at radius 2 is 1.87 bits per heavy atom. The van der Waals surface area contributed by atoms with Gasteiger partial charge in [0, 0.05) is 21.8 Å². The van der Waals surface area contributed by atoms with E-state index in [1.807, 2.05) is 13.8 Å². The number of nitrogen functional groups attached to an aromatic ring is 1. The summed E-state index contributed by atoms with van der Waals surface area (Å²) in [6.07, 6.45) is 0. The maximum Gasteiger partial charge on any atom is 0.0755 e. The van der Waals surface area contributed by atoms with Crippen LogP contribution in [0.5, 0.6) is 0 Å². The van der Waals surface area contributed by atoms with Crippen molar-refractivity contribution in [3.8, 4) is 0 Å². The van der Waals surface area contributed by atoms with E-state index in [-0.39, 0.29) is 0 Å². The molecule has 2 N–H and O–H groups in total. The second-order valence-electron chi connectivity index (χ2n) is 3.52. The van der Waals surface area contributed by atoms with Crippen LogP contribution in [0.25, 0.3) is 10.9 Å². The van der Waals surface area contributed by atoms with Gasteiger partial charge in [-0.2, -0.15) is 0 Å². The van der Waals surface area contributed by atoms with Crippen LogP contribution in [0.4, 0.5) is 5.69 Å². The minimum absolute atomic E-state index is 0.547. The lowest BCUT2D eigenvalue weighted by Gasteiger charge is -2.09. The van der Waals surface area contributed by atoms with E-state index in [2.05, 4.69) is 4.98 Å². The van der Waals surface area contributed by atoms with Crippen LogP contribution in [-0.2, 0) is 0 Å². The summed E-state index contributed by atoms with van der Waals surface area (Å²) in [5, 5.41) is 1.90. The normalized spacial score (nSPS) is 10.9. The van der Waals surface area contributed by atoms with Crippen LogP contribution < -0.4 is 5.73 Å². The number of fused-ring (bicyclic) bond motifs is 1. The lowest BCUT2D eigenvalue weighted by molar-refractivity contribution is 1.20. The molecule has 1 heterocycles. The Morgan fingerprint density at radius 3 is 2.53 bits per heavy atom. The molecule has 0 atom stereocenters. The fourth-order valence-corrected chi connectivity index (χ4v) is 2.15. The molecule has 0 saturated carbocycles. The molecule has 1 aromatic carbocycles. The first kappa shape index (κ1) is 10.5. The van der Waals surface area contributed by atoms with E-state index in [9.17, 15) is 0 Å². The smallest absolute Gasteiger partial charge is 0.0755 e. The van der Waals surface area contributed by atoms with Crippen LogP contribution in [0.3, 0.4) is 0 Å². The molecule has 0 aliphatic rings. The molecule has 4 heteroatoms. The quantitative estimate of drug-likeness (QED) is 0.762. The molecular formula is C11H10Cl2N2. The fraction of sp³-hybridized carbons (Fsp3) is 0.182. The summed E-state index contributed by atoms with van der Waals surface area (Å²) in [7, 11) is 0. The number of pyridine rings is 1. The molecule has 0 saturated heterocycles. The Morgan fingerprint density at radius 1 is 1.20 bits per heavy atom. The Hall–Kier alpha value is -0.990. The molecular weight excluding hydrogens is 231 g/mol. The van der Waals surface area contributed by atoms with Crippen molar-refractivity contribution in [2.75, 3.05) is 5.73 Å². The van der Waals surface area contributed by atoms with E-state index < -0.39 is 0 Å². The molecule has 2 rings (SSSR count). The number of rotatable bonds is 0. The van der Waals surface area contributed by atoms with Crippen molar-refractivity contribution in [3.05, 3.63) is 33.4 Å². The first-order valence-corrected chi connectivity index (χ1v) is 5.27. The monoisotopic (exact) mass is 240 g/mol. The second kappa shape index (κ2) is 3.54. The molecule has 2 nitrogen and oxygen atoms in total. The zero-order valence-corrected chi connectivity index (χ0v) is 9.95. The molecule has 0 aliphatic heterocycles. The van der Waals surface area contributed by atoms with Gasteiger partial charge in [-0.1, -0.05) is 23.2 Å². The summed E-state index contributed by atoms with van der Waals surface area (Å²) in [6, 6.07) is 3.45. The third-order valence-corrected chi connectivity index (χ3v) is 3.05. The Kier molecular flexibility index (Phi) is 2.49. The number of nitrogens with zero attached hydrogens (tertiary/aromatic N) is 1. The summed E-state index contributed by atoms with van der Waals surface area (Å²) in [5.74, 6) is 0. The van der Waals surface area contributed by atoms with Crippen LogP contribution in [0.15, 0.2) is 12.1 Å². The predicted molar refractivity (Wildman–Crippen MR) is 65.6 cm³/mol. The topological polar surface area (TPSA) is 38.9 Å². The number of halogens is 2. The Balaban J connectivity index is 2.99. The van der Waals surface area contributed by atoms with E-state index in [1.54, 1.807) is 12.1 Å². The largest absolute Gasteiger partial charge is 0.398 e. The number of nitrogens with two attached hydrogens (primary N) is 1. The molecule has 1 aromatic heterocycles. The average Bonchev–Trinajstić information content (AvgIpc) is 2.13. The van der Waals surface area contributed by atoms with E-state index in [0.717, 1.165) is 22.2 Å². The molecule has 0 fully saturated rings. The molecule has 78 valence electrons. The van der Waals surface area contributed by atoms with Gasteiger partial charge in [-0.25, -0.2) is 0 Å². The second-order valence-corrected chi connectivity index (χ2v) is 4.36. The Bertz CT molecular complexity index is 550. The summed E-state index contributed by atoms with van der Waals surface area (Å²) in [6.45, 7) is 3.85. The van der Waals surface area contributed by atoms with Gasteiger partial charge in [-0.3, -0.25) is 4.98 Å². The first-order valence-electron chi connectivity index (χ1n) is 4.52. The van der Waals surface area contributed by atoms with Crippen LogP contribution in [-0.4, -0.2) is 4.98 Å². The molecule has 0 bridgehead atoms. The van der Waals surface area contributed by atoms with Crippen molar-refractivity contribution < 1.29 is 0 Å². The summed E-state index contributed by atoms with van der Waals surface area (Å²) in [5.41, 5.74) is 9.29. The van der Waals surface area contributed by atoms with Gasteiger partial charge >= 0.3 is 0 Å².